The minimum Gasteiger partial charge on any atom is -0.334 e. The fourth-order valence-corrected chi connectivity index (χ4v) is 3.82. The lowest BCUT2D eigenvalue weighted by molar-refractivity contribution is -0.125. The van der Waals surface area contributed by atoms with Crippen molar-refractivity contribution >= 4 is 23.5 Å². The van der Waals surface area contributed by atoms with E-state index in [1.807, 2.05) is 78.6 Å². The number of hydroxylamine groups is 1. The van der Waals surface area contributed by atoms with Gasteiger partial charge in [-0.15, -0.1) is 0 Å². The Bertz CT molecular complexity index is 1140. The molecule has 0 aliphatic carbocycles. The number of amides is 2. The molecule has 0 spiro atoms. The molecular weight excluding hydrogens is 388 g/mol. The number of carbonyl (C=O) groups is 2. The first-order chi connectivity index (χ1) is 15.0. The van der Waals surface area contributed by atoms with Crippen LogP contribution >= 0.6 is 0 Å². The maximum atomic E-state index is 13.6. The zero-order chi connectivity index (χ0) is 21.8. The number of hydrogen-bond donors (Lipinski definition) is 2. The van der Waals surface area contributed by atoms with E-state index in [1.165, 1.54) is 0 Å². The van der Waals surface area contributed by atoms with Gasteiger partial charge in [-0.3, -0.25) is 14.8 Å². The molecule has 3 aromatic rings. The summed E-state index contributed by atoms with van der Waals surface area (Å²) in [5.41, 5.74) is 7.68. The number of nitrogens with one attached hydrogen (secondary N) is 1. The van der Waals surface area contributed by atoms with E-state index < -0.39 is 5.91 Å². The zero-order valence-electron chi connectivity index (χ0n) is 17.3. The molecule has 0 aromatic heterocycles. The maximum absolute atomic E-state index is 13.6. The molecule has 0 radical (unpaired) electrons. The molecule has 0 fully saturated rings. The Balaban J connectivity index is 1.67. The Morgan fingerprint density at radius 2 is 1.65 bits per heavy atom. The van der Waals surface area contributed by atoms with E-state index in [0.717, 1.165) is 27.8 Å². The van der Waals surface area contributed by atoms with Crippen molar-refractivity contribution in [1.82, 2.24) is 10.4 Å². The van der Waals surface area contributed by atoms with Gasteiger partial charge in [0.05, 0.1) is 0 Å². The molecule has 2 N–H and O–H groups in total. The molecule has 3 aromatic carbocycles. The van der Waals surface area contributed by atoms with Gasteiger partial charge in [-0.1, -0.05) is 66.2 Å². The second-order valence-electron chi connectivity index (χ2n) is 7.74. The van der Waals surface area contributed by atoms with Crippen LogP contribution in [0.5, 0.6) is 0 Å². The normalized spacial score (nSPS) is 13.5. The van der Waals surface area contributed by atoms with Crippen molar-refractivity contribution in [3.8, 4) is 0 Å². The van der Waals surface area contributed by atoms with Gasteiger partial charge >= 0.3 is 0 Å². The van der Waals surface area contributed by atoms with E-state index in [1.54, 1.807) is 17.6 Å². The summed E-state index contributed by atoms with van der Waals surface area (Å²) in [5, 5.41) is 8.92. The van der Waals surface area contributed by atoms with E-state index in [9.17, 15) is 9.59 Å². The van der Waals surface area contributed by atoms with Crippen molar-refractivity contribution in [3.05, 3.63) is 106 Å². The molecule has 5 nitrogen and oxygen atoms in total. The van der Waals surface area contributed by atoms with Crippen LogP contribution in [0.2, 0.25) is 0 Å². The van der Waals surface area contributed by atoms with Crippen molar-refractivity contribution in [2.24, 2.45) is 0 Å². The van der Waals surface area contributed by atoms with Gasteiger partial charge in [0.15, 0.2) is 0 Å². The van der Waals surface area contributed by atoms with Crippen LogP contribution in [0.3, 0.4) is 0 Å². The van der Waals surface area contributed by atoms with Crippen LogP contribution in [0.15, 0.2) is 72.8 Å². The Labute approximate surface area is 181 Å². The predicted molar refractivity (Wildman–Crippen MR) is 120 cm³/mol. The van der Waals surface area contributed by atoms with E-state index in [0.29, 0.717) is 30.6 Å². The van der Waals surface area contributed by atoms with Crippen molar-refractivity contribution in [1.29, 1.82) is 0 Å². The summed E-state index contributed by atoms with van der Waals surface area (Å²) < 4.78 is 0. The molecule has 0 unspecified atom stereocenters. The highest BCUT2D eigenvalue weighted by Gasteiger charge is 2.25. The van der Waals surface area contributed by atoms with Gasteiger partial charge in [0, 0.05) is 24.2 Å². The number of benzene rings is 3. The third kappa shape index (κ3) is 4.57. The van der Waals surface area contributed by atoms with Crippen molar-refractivity contribution in [2.75, 3.05) is 6.54 Å². The summed E-state index contributed by atoms with van der Waals surface area (Å²) in [6.45, 7) is 3.04. The van der Waals surface area contributed by atoms with Gasteiger partial charge in [-0.25, -0.2) is 5.48 Å². The standard InChI is InChI=1S/C26H24N2O3/c1-18-7-9-21(10-8-18)24(15-19-5-3-2-4-6-19)26(30)28-14-13-20-11-12-22(25(29)27-31)16-23(20)17-28/h2-12,15-16,31H,13-14,17H2,1H3,(H,27,29). The molecule has 4 rings (SSSR count). The molecule has 1 heterocycles. The molecule has 1 aliphatic heterocycles. The molecule has 31 heavy (non-hydrogen) atoms. The summed E-state index contributed by atoms with van der Waals surface area (Å²) in [6, 6.07) is 23.1. The lowest BCUT2D eigenvalue weighted by atomic mass is 9.95. The molecule has 0 bridgehead atoms. The number of rotatable bonds is 4. The van der Waals surface area contributed by atoms with Crippen LogP contribution in [0.1, 0.15) is 38.2 Å². The number of nitrogens with zero attached hydrogens (tertiary/aromatic N) is 1. The van der Waals surface area contributed by atoms with Gasteiger partial charge in [-0.2, -0.15) is 0 Å². The van der Waals surface area contributed by atoms with E-state index in [4.69, 9.17) is 5.21 Å². The molecule has 156 valence electrons. The molecule has 1 aliphatic rings. The first-order valence-electron chi connectivity index (χ1n) is 10.2. The minimum absolute atomic E-state index is 0.0460. The van der Waals surface area contributed by atoms with Gasteiger partial charge in [0.25, 0.3) is 11.8 Å². The number of aryl methyl sites for hydroxylation is 1. The lowest BCUT2D eigenvalue weighted by Gasteiger charge is -2.30. The van der Waals surface area contributed by atoms with Crippen LogP contribution in [-0.4, -0.2) is 28.5 Å². The third-order valence-corrected chi connectivity index (χ3v) is 5.57. The number of fused-ring (bicyclic) bond motifs is 1. The van der Waals surface area contributed by atoms with Gasteiger partial charge < -0.3 is 4.90 Å². The second kappa shape index (κ2) is 8.98. The summed E-state index contributed by atoms with van der Waals surface area (Å²) in [6.07, 6.45) is 2.65. The largest absolute Gasteiger partial charge is 0.334 e. The topological polar surface area (TPSA) is 69.6 Å². The molecule has 0 saturated carbocycles. The second-order valence-corrected chi connectivity index (χ2v) is 7.74. The van der Waals surface area contributed by atoms with Crippen LogP contribution in [-0.2, 0) is 17.8 Å². The van der Waals surface area contributed by atoms with Crippen LogP contribution in [0.25, 0.3) is 11.6 Å². The van der Waals surface area contributed by atoms with Crippen LogP contribution < -0.4 is 5.48 Å². The smallest absolute Gasteiger partial charge is 0.274 e. The van der Waals surface area contributed by atoms with E-state index in [2.05, 4.69) is 0 Å². The molecule has 0 atom stereocenters. The first-order valence-corrected chi connectivity index (χ1v) is 10.2. The minimum atomic E-state index is -0.560. The molecular formula is C26H24N2O3. The van der Waals surface area contributed by atoms with Crippen molar-refractivity contribution < 1.29 is 14.8 Å². The lowest BCUT2D eigenvalue weighted by Crippen LogP contribution is -2.36. The van der Waals surface area contributed by atoms with Crippen LogP contribution in [0.4, 0.5) is 0 Å². The zero-order valence-corrected chi connectivity index (χ0v) is 17.3. The first kappa shape index (κ1) is 20.6. The Kier molecular flexibility index (Phi) is 5.96. The monoisotopic (exact) mass is 412 g/mol. The highest BCUT2D eigenvalue weighted by molar-refractivity contribution is 6.24. The van der Waals surface area contributed by atoms with Crippen molar-refractivity contribution in [2.45, 2.75) is 19.9 Å². The van der Waals surface area contributed by atoms with Gasteiger partial charge in [-0.05, 0) is 53.8 Å². The van der Waals surface area contributed by atoms with Crippen molar-refractivity contribution in [3.63, 3.8) is 0 Å². The number of carbonyl (C=O) groups excluding carboxylic acids is 2. The van der Waals surface area contributed by atoms with Gasteiger partial charge in [0.2, 0.25) is 0 Å². The highest BCUT2D eigenvalue weighted by Crippen LogP contribution is 2.26. The summed E-state index contributed by atoms with van der Waals surface area (Å²) >= 11 is 0. The molecule has 2 amide bonds. The Hall–Kier alpha value is -3.70. The van der Waals surface area contributed by atoms with Gasteiger partial charge in [0.1, 0.15) is 0 Å². The fourth-order valence-electron chi connectivity index (χ4n) is 3.82. The average Bonchev–Trinajstić information content (AvgIpc) is 2.82. The predicted octanol–water partition coefficient (Wildman–Crippen LogP) is 4.24. The van der Waals surface area contributed by atoms with E-state index in [-0.39, 0.29) is 5.91 Å². The third-order valence-electron chi connectivity index (χ3n) is 5.57. The Morgan fingerprint density at radius 1 is 0.935 bits per heavy atom. The summed E-state index contributed by atoms with van der Waals surface area (Å²) in [7, 11) is 0. The number of hydrogen-bond acceptors (Lipinski definition) is 3. The van der Waals surface area contributed by atoms with E-state index >= 15 is 0 Å². The average molecular weight is 412 g/mol. The van der Waals surface area contributed by atoms with Crippen LogP contribution in [0, 0.1) is 6.92 Å². The summed E-state index contributed by atoms with van der Waals surface area (Å²) in [4.78, 5) is 27.2. The molecule has 5 heteroatoms. The molecule has 0 saturated heterocycles. The quantitative estimate of drug-likeness (QED) is 0.291. The highest BCUT2D eigenvalue weighted by atomic mass is 16.5. The Morgan fingerprint density at radius 3 is 2.35 bits per heavy atom. The maximum Gasteiger partial charge on any atom is 0.274 e. The fraction of sp³-hybridized carbons (Fsp3) is 0.154. The summed E-state index contributed by atoms with van der Waals surface area (Å²) in [5.74, 6) is -0.606. The SMILES string of the molecule is Cc1ccc(C(=Cc2ccccc2)C(=O)N2CCc3ccc(C(=O)NO)cc3C2)cc1.